The van der Waals surface area contributed by atoms with Gasteiger partial charge < -0.3 is 0 Å². The van der Waals surface area contributed by atoms with Crippen molar-refractivity contribution in [3.63, 3.8) is 0 Å². The van der Waals surface area contributed by atoms with E-state index in [0.717, 1.165) is 39.0 Å². The van der Waals surface area contributed by atoms with Crippen molar-refractivity contribution in [2.24, 2.45) is 0 Å². The van der Waals surface area contributed by atoms with E-state index in [1.165, 1.54) is 11.1 Å². The summed E-state index contributed by atoms with van der Waals surface area (Å²) in [6.45, 7) is 0. The van der Waals surface area contributed by atoms with E-state index in [9.17, 15) is 0 Å². The van der Waals surface area contributed by atoms with Crippen LogP contribution in [-0.2, 0) is 4.87 Å². The normalized spacial score (nSPS) is 17.0. The summed E-state index contributed by atoms with van der Waals surface area (Å²) in [5.74, 6) is 0. The molecule has 1 heteroatoms. The van der Waals surface area contributed by atoms with Crippen molar-refractivity contribution in [3.8, 4) is 0 Å². The van der Waals surface area contributed by atoms with Gasteiger partial charge in [0.25, 0.3) is 0 Å². The SMILES string of the molecule is ClC1(c2ccccc2)C(=C(c2ccccc2)c2ccccc2)C(c2ccccc2)=C1c1ccccc1. The third-order valence-corrected chi connectivity index (χ3v) is 7.46. The molecule has 0 fully saturated rings. The first-order valence-electron chi connectivity index (χ1n) is 12.2. The summed E-state index contributed by atoms with van der Waals surface area (Å²) in [5, 5.41) is 0. The molecule has 0 N–H and O–H groups in total. The molecule has 1 atom stereocenters. The van der Waals surface area contributed by atoms with E-state index in [4.69, 9.17) is 11.6 Å². The summed E-state index contributed by atoms with van der Waals surface area (Å²) < 4.78 is 0. The van der Waals surface area contributed by atoms with E-state index in [0.29, 0.717) is 0 Å². The molecular formula is C35H25Cl. The van der Waals surface area contributed by atoms with Crippen LogP contribution in [0.5, 0.6) is 0 Å². The third-order valence-electron chi connectivity index (χ3n) is 6.86. The van der Waals surface area contributed by atoms with E-state index in [1.54, 1.807) is 0 Å². The van der Waals surface area contributed by atoms with Gasteiger partial charge in [-0.15, -0.1) is 11.6 Å². The lowest BCUT2D eigenvalue weighted by Gasteiger charge is -2.47. The number of hydrogen-bond donors (Lipinski definition) is 0. The zero-order valence-corrected chi connectivity index (χ0v) is 20.6. The number of rotatable bonds is 5. The summed E-state index contributed by atoms with van der Waals surface area (Å²) in [4.78, 5) is -0.811. The van der Waals surface area contributed by atoms with Crippen molar-refractivity contribution in [2.75, 3.05) is 0 Å². The Labute approximate surface area is 217 Å². The van der Waals surface area contributed by atoms with E-state index in [1.807, 2.05) is 6.07 Å². The van der Waals surface area contributed by atoms with Crippen LogP contribution in [0.4, 0.5) is 0 Å². The molecule has 5 aromatic rings. The second-order valence-corrected chi connectivity index (χ2v) is 9.56. The smallest absolute Gasteiger partial charge is 0.103 e. The first-order chi connectivity index (χ1) is 17.8. The van der Waals surface area contributed by atoms with Gasteiger partial charge in [-0.2, -0.15) is 0 Å². The standard InChI is InChI=1S/C35H25Cl/c36-35(30-24-14-5-15-25-30)33(29-22-12-4-13-23-29)32(28-20-10-3-11-21-28)34(35)31(26-16-6-1-7-17-26)27-18-8-2-9-19-27/h1-25H. The molecule has 5 aromatic carbocycles. The Morgan fingerprint density at radius 1 is 0.444 bits per heavy atom. The number of allylic oxidation sites excluding steroid dienone is 3. The third kappa shape index (κ3) is 3.71. The lowest BCUT2D eigenvalue weighted by molar-refractivity contribution is 0.910. The molecule has 1 aliphatic carbocycles. The Morgan fingerprint density at radius 3 is 1.31 bits per heavy atom. The Morgan fingerprint density at radius 2 is 0.833 bits per heavy atom. The zero-order valence-electron chi connectivity index (χ0n) is 19.8. The number of halogens is 1. The molecule has 0 saturated heterocycles. The second-order valence-electron chi connectivity index (χ2n) is 8.99. The van der Waals surface area contributed by atoms with Gasteiger partial charge in [0.1, 0.15) is 4.87 Å². The summed E-state index contributed by atoms with van der Waals surface area (Å²) in [5.41, 5.74) is 10.3. The van der Waals surface area contributed by atoms with Gasteiger partial charge in [-0.1, -0.05) is 152 Å². The van der Waals surface area contributed by atoms with E-state index in [2.05, 4.69) is 146 Å². The van der Waals surface area contributed by atoms with Crippen molar-refractivity contribution < 1.29 is 0 Å². The van der Waals surface area contributed by atoms with Crippen molar-refractivity contribution >= 4 is 28.3 Å². The molecule has 0 heterocycles. The Kier molecular flexibility index (Phi) is 5.89. The molecule has 6 rings (SSSR count). The van der Waals surface area contributed by atoms with Gasteiger partial charge in [-0.05, 0) is 50.1 Å². The molecule has 1 aliphatic rings. The van der Waals surface area contributed by atoms with Crippen LogP contribution < -0.4 is 0 Å². The van der Waals surface area contributed by atoms with Crippen LogP contribution in [0.2, 0.25) is 0 Å². The minimum atomic E-state index is -0.811. The summed E-state index contributed by atoms with van der Waals surface area (Å²) >= 11 is 7.92. The van der Waals surface area contributed by atoms with Crippen LogP contribution in [0.15, 0.2) is 157 Å². The van der Waals surface area contributed by atoms with Crippen LogP contribution >= 0.6 is 11.6 Å². The summed E-state index contributed by atoms with van der Waals surface area (Å²) in [6, 6.07) is 52.9. The van der Waals surface area contributed by atoms with Crippen LogP contribution in [-0.4, -0.2) is 0 Å². The van der Waals surface area contributed by atoms with Gasteiger partial charge in [-0.25, -0.2) is 0 Å². The molecule has 0 aromatic heterocycles. The lowest BCUT2D eigenvalue weighted by Crippen LogP contribution is -2.35. The monoisotopic (exact) mass is 480 g/mol. The highest BCUT2D eigenvalue weighted by atomic mass is 35.5. The molecule has 172 valence electrons. The highest BCUT2D eigenvalue weighted by molar-refractivity contribution is 6.42. The highest BCUT2D eigenvalue weighted by Gasteiger charge is 2.52. The van der Waals surface area contributed by atoms with Crippen molar-refractivity contribution in [3.05, 3.63) is 185 Å². The maximum atomic E-state index is 7.92. The second kappa shape index (κ2) is 9.49. The van der Waals surface area contributed by atoms with Gasteiger partial charge in [0.05, 0.1) is 0 Å². The number of hydrogen-bond acceptors (Lipinski definition) is 0. The molecule has 0 saturated carbocycles. The molecule has 36 heavy (non-hydrogen) atoms. The van der Waals surface area contributed by atoms with Crippen LogP contribution in [0.25, 0.3) is 16.7 Å². The predicted molar refractivity (Wildman–Crippen MR) is 153 cm³/mol. The molecule has 0 aliphatic heterocycles. The minimum Gasteiger partial charge on any atom is -0.103 e. The maximum absolute atomic E-state index is 7.92. The molecular weight excluding hydrogens is 456 g/mol. The van der Waals surface area contributed by atoms with E-state index >= 15 is 0 Å². The van der Waals surface area contributed by atoms with Gasteiger partial charge in [0.15, 0.2) is 0 Å². The predicted octanol–water partition coefficient (Wildman–Crippen LogP) is 9.25. The summed E-state index contributed by atoms with van der Waals surface area (Å²) in [7, 11) is 0. The molecule has 0 nitrogen and oxygen atoms in total. The van der Waals surface area contributed by atoms with E-state index < -0.39 is 4.87 Å². The molecule has 0 bridgehead atoms. The number of benzene rings is 5. The Hall–Kier alpha value is -4.13. The van der Waals surface area contributed by atoms with Gasteiger partial charge in [-0.3, -0.25) is 0 Å². The first kappa shape index (κ1) is 22.3. The fraction of sp³-hybridized carbons (Fsp3) is 0.0286. The zero-order chi connectivity index (χ0) is 24.4. The van der Waals surface area contributed by atoms with Crippen LogP contribution in [0.1, 0.15) is 27.8 Å². The largest absolute Gasteiger partial charge is 0.122 e. The van der Waals surface area contributed by atoms with Crippen molar-refractivity contribution in [1.82, 2.24) is 0 Å². The van der Waals surface area contributed by atoms with Crippen LogP contribution in [0.3, 0.4) is 0 Å². The Bertz CT molecular complexity index is 1490. The average Bonchev–Trinajstić information content (AvgIpc) is 2.96. The van der Waals surface area contributed by atoms with E-state index in [-0.39, 0.29) is 0 Å². The lowest BCUT2D eigenvalue weighted by atomic mass is 9.61. The highest BCUT2D eigenvalue weighted by Crippen LogP contribution is 2.65. The van der Waals surface area contributed by atoms with Gasteiger partial charge >= 0.3 is 0 Å². The number of alkyl halides is 1. The quantitative estimate of drug-likeness (QED) is 0.220. The average molecular weight is 481 g/mol. The molecule has 1 unspecified atom stereocenters. The topological polar surface area (TPSA) is 0 Å². The van der Waals surface area contributed by atoms with Crippen molar-refractivity contribution in [1.29, 1.82) is 0 Å². The summed E-state index contributed by atoms with van der Waals surface area (Å²) in [6.07, 6.45) is 0. The molecule has 0 amide bonds. The Balaban J connectivity index is 1.79. The molecule has 0 radical (unpaired) electrons. The first-order valence-corrected chi connectivity index (χ1v) is 12.6. The minimum absolute atomic E-state index is 0.811. The maximum Gasteiger partial charge on any atom is 0.122 e. The van der Waals surface area contributed by atoms with Gasteiger partial charge in [0, 0.05) is 0 Å². The van der Waals surface area contributed by atoms with Crippen molar-refractivity contribution in [2.45, 2.75) is 4.87 Å². The molecule has 0 spiro atoms. The fourth-order valence-electron chi connectivity index (χ4n) is 5.29. The fourth-order valence-corrected chi connectivity index (χ4v) is 5.81. The van der Waals surface area contributed by atoms with Gasteiger partial charge in [0.2, 0.25) is 0 Å². The van der Waals surface area contributed by atoms with Crippen LogP contribution in [0, 0.1) is 0 Å².